The first-order valence-corrected chi connectivity index (χ1v) is 8.13. The number of amides is 1. The summed E-state index contributed by atoms with van der Waals surface area (Å²) in [6, 6.07) is 0. The summed E-state index contributed by atoms with van der Waals surface area (Å²) in [6.07, 6.45) is 4.49. The van der Waals surface area contributed by atoms with Gasteiger partial charge in [-0.2, -0.15) is 0 Å². The number of ether oxygens (including phenoxy) is 2. The molecule has 0 spiro atoms. The van der Waals surface area contributed by atoms with E-state index in [-0.39, 0.29) is 18.1 Å². The zero-order chi connectivity index (χ0) is 15.5. The van der Waals surface area contributed by atoms with E-state index in [0.29, 0.717) is 19.2 Å². The zero-order valence-electron chi connectivity index (χ0n) is 13.5. The van der Waals surface area contributed by atoms with Gasteiger partial charge in [0, 0.05) is 25.6 Å². The van der Waals surface area contributed by atoms with Crippen molar-refractivity contribution in [3.63, 3.8) is 0 Å². The van der Waals surface area contributed by atoms with Crippen LogP contribution in [0.5, 0.6) is 0 Å². The Kier molecular flexibility index (Phi) is 5.49. The molecule has 2 aliphatic heterocycles. The minimum absolute atomic E-state index is 0.166. The lowest BCUT2D eigenvalue weighted by atomic mass is 9.96. The monoisotopic (exact) mass is 299 g/mol. The Bertz CT molecular complexity index is 347. The van der Waals surface area contributed by atoms with E-state index in [9.17, 15) is 9.90 Å². The molecule has 0 aromatic heterocycles. The van der Waals surface area contributed by atoms with Gasteiger partial charge in [0.15, 0.2) is 0 Å². The van der Waals surface area contributed by atoms with Crippen LogP contribution in [-0.2, 0) is 9.47 Å². The molecule has 5 nitrogen and oxygen atoms in total. The lowest BCUT2D eigenvalue weighted by Crippen LogP contribution is -2.36. The molecule has 21 heavy (non-hydrogen) atoms. The zero-order valence-corrected chi connectivity index (χ0v) is 13.5. The van der Waals surface area contributed by atoms with Crippen molar-refractivity contribution in [3.05, 3.63) is 0 Å². The van der Waals surface area contributed by atoms with Crippen molar-refractivity contribution in [1.82, 2.24) is 4.90 Å². The summed E-state index contributed by atoms with van der Waals surface area (Å²) in [4.78, 5) is 13.7. The van der Waals surface area contributed by atoms with Crippen LogP contribution in [0, 0.1) is 5.92 Å². The van der Waals surface area contributed by atoms with Gasteiger partial charge in [-0.05, 0) is 52.9 Å². The second-order valence-electron chi connectivity index (χ2n) is 7.25. The maximum Gasteiger partial charge on any atom is 0.410 e. The number of nitrogens with zero attached hydrogens (tertiary/aromatic N) is 1. The SMILES string of the molecule is CC(C)(C)OC(=O)N1CCC(C(O)CCC2CCCO2)C1. The molecule has 0 aromatic carbocycles. The molecule has 5 heteroatoms. The first kappa shape index (κ1) is 16.6. The standard InChI is InChI=1S/C16H29NO4/c1-16(2,3)21-15(19)17-9-8-12(11-17)14(18)7-6-13-5-4-10-20-13/h12-14,18H,4-11H2,1-3H3. The van der Waals surface area contributed by atoms with Gasteiger partial charge in [0.05, 0.1) is 12.2 Å². The summed E-state index contributed by atoms with van der Waals surface area (Å²) in [5, 5.41) is 10.3. The Hall–Kier alpha value is -0.810. The van der Waals surface area contributed by atoms with Gasteiger partial charge in [0.25, 0.3) is 0 Å². The molecule has 2 aliphatic rings. The molecule has 2 fully saturated rings. The van der Waals surface area contributed by atoms with E-state index in [2.05, 4.69) is 0 Å². The number of likely N-dealkylation sites (tertiary alicyclic amines) is 1. The Labute approximate surface area is 127 Å². The summed E-state index contributed by atoms with van der Waals surface area (Å²) < 4.78 is 11.0. The molecule has 0 radical (unpaired) electrons. The van der Waals surface area contributed by atoms with E-state index in [1.54, 1.807) is 4.90 Å². The van der Waals surface area contributed by atoms with Crippen LogP contribution in [-0.4, -0.2) is 53.6 Å². The lowest BCUT2D eigenvalue weighted by molar-refractivity contribution is 0.0255. The minimum atomic E-state index is -0.465. The predicted molar refractivity (Wildman–Crippen MR) is 80.1 cm³/mol. The first-order chi connectivity index (χ1) is 9.85. The Morgan fingerprint density at radius 1 is 1.43 bits per heavy atom. The molecule has 2 heterocycles. The molecule has 1 N–H and O–H groups in total. The number of aliphatic hydroxyl groups is 1. The summed E-state index contributed by atoms with van der Waals surface area (Å²) in [6.45, 7) is 7.74. The summed E-state index contributed by atoms with van der Waals surface area (Å²) in [5.74, 6) is 0.166. The number of carbonyl (C=O) groups is 1. The van der Waals surface area contributed by atoms with Crippen LogP contribution < -0.4 is 0 Å². The van der Waals surface area contributed by atoms with Crippen LogP contribution in [0.1, 0.15) is 52.9 Å². The van der Waals surface area contributed by atoms with Crippen LogP contribution >= 0.6 is 0 Å². The topological polar surface area (TPSA) is 59.0 Å². The summed E-state index contributed by atoms with van der Waals surface area (Å²) >= 11 is 0. The van der Waals surface area contributed by atoms with Crippen LogP contribution in [0.3, 0.4) is 0 Å². The molecule has 3 atom stereocenters. The van der Waals surface area contributed by atoms with E-state index in [1.807, 2.05) is 20.8 Å². The molecule has 0 aliphatic carbocycles. The van der Waals surface area contributed by atoms with Crippen LogP contribution in [0.4, 0.5) is 4.79 Å². The third-order valence-corrected chi connectivity index (χ3v) is 4.23. The van der Waals surface area contributed by atoms with Crippen molar-refractivity contribution >= 4 is 6.09 Å². The van der Waals surface area contributed by atoms with Crippen molar-refractivity contribution in [2.24, 2.45) is 5.92 Å². The predicted octanol–water partition coefficient (Wildman–Crippen LogP) is 2.56. The summed E-state index contributed by atoms with van der Waals surface area (Å²) in [5.41, 5.74) is -0.465. The first-order valence-electron chi connectivity index (χ1n) is 8.13. The fourth-order valence-electron chi connectivity index (χ4n) is 3.06. The van der Waals surface area contributed by atoms with Gasteiger partial charge >= 0.3 is 6.09 Å². The largest absolute Gasteiger partial charge is 0.444 e. The Morgan fingerprint density at radius 2 is 2.19 bits per heavy atom. The van der Waals surface area contributed by atoms with Gasteiger partial charge in [-0.15, -0.1) is 0 Å². The van der Waals surface area contributed by atoms with Gasteiger partial charge in [-0.25, -0.2) is 4.79 Å². The molecular formula is C16H29NO4. The van der Waals surface area contributed by atoms with Crippen LogP contribution in [0.2, 0.25) is 0 Å². The quantitative estimate of drug-likeness (QED) is 0.866. The van der Waals surface area contributed by atoms with E-state index in [4.69, 9.17) is 9.47 Å². The third-order valence-electron chi connectivity index (χ3n) is 4.23. The van der Waals surface area contributed by atoms with Gasteiger partial charge in [-0.1, -0.05) is 0 Å². The normalized spacial score (nSPS) is 27.9. The molecule has 0 aromatic rings. The van der Waals surface area contributed by atoms with Gasteiger partial charge < -0.3 is 19.5 Å². The highest BCUT2D eigenvalue weighted by atomic mass is 16.6. The highest BCUT2D eigenvalue weighted by Crippen LogP contribution is 2.26. The second-order valence-corrected chi connectivity index (χ2v) is 7.25. The second kappa shape index (κ2) is 6.97. The molecule has 1 amide bonds. The number of hydrogen-bond acceptors (Lipinski definition) is 4. The molecule has 0 saturated carbocycles. The van der Waals surface area contributed by atoms with E-state index in [1.165, 1.54) is 0 Å². The number of rotatable bonds is 4. The maximum atomic E-state index is 12.0. The van der Waals surface area contributed by atoms with Crippen LogP contribution in [0.15, 0.2) is 0 Å². The maximum absolute atomic E-state index is 12.0. The van der Waals surface area contributed by atoms with Crippen molar-refractivity contribution < 1.29 is 19.4 Å². The number of hydrogen-bond donors (Lipinski definition) is 1. The lowest BCUT2D eigenvalue weighted by Gasteiger charge is -2.25. The number of carbonyl (C=O) groups excluding carboxylic acids is 1. The average Bonchev–Trinajstić information content (AvgIpc) is 3.05. The average molecular weight is 299 g/mol. The number of aliphatic hydroxyl groups excluding tert-OH is 1. The van der Waals surface area contributed by atoms with Gasteiger partial charge in [0.2, 0.25) is 0 Å². The Morgan fingerprint density at radius 3 is 2.81 bits per heavy atom. The molecule has 2 rings (SSSR count). The van der Waals surface area contributed by atoms with E-state index < -0.39 is 5.60 Å². The molecule has 0 bridgehead atoms. The molecule has 2 saturated heterocycles. The molecule has 122 valence electrons. The highest BCUT2D eigenvalue weighted by molar-refractivity contribution is 5.68. The minimum Gasteiger partial charge on any atom is -0.444 e. The van der Waals surface area contributed by atoms with E-state index >= 15 is 0 Å². The fraction of sp³-hybridized carbons (Fsp3) is 0.938. The van der Waals surface area contributed by atoms with Crippen molar-refractivity contribution in [3.8, 4) is 0 Å². The van der Waals surface area contributed by atoms with Gasteiger partial charge in [0.1, 0.15) is 5.60 Å². The van der Waals surface area contributed by atoms with Gasteiger partial charge in [-0.3, -0.25) is 0 Å². The fourth-order valence-corrected chi connectivity index (χ4v) is 3.06. The van der Waals surface area contributed by atoms with Crippen molar-refractivity contribution in [2.75, 3.05) is 19.7 Å². The third kappa shape index (κ3) is 5.15. The summed E-state index contributed by atoms with van der Waals surface area (Å²) in [7, 11) is 0. The Balaban J connectivity index is 1.72. The highest BCUT2D eigenvalue weighted by Gasteiger charge is 2.33. The molecule has 3 unspecified atom stereocenters. The van der Waals surface area contributed by atoms with Crippen LogP contribution in [0.25, 0.3) is 0 Å². The smallest absolute Gasteiger partial charge is 0.410 e. The van der Waals surface area contributed by atoms with E-state index in [0.717, 1.165) is 38.7 Å². The van der Waals surface area contributed by atoms with Crippen molar-refractivity contribution in [1.29, 1.82) is 0 Å². The molecular weight excluding hydrogens is 270 g/mol. The van der Waals surface area contributed by atoms with Crippen molar-refractivity contribution in [2.45, 2.75) is 70.7 Å².